The van der Waals surface area contributed by atoms with Gasteiger partial charge in [-0.15, -0.1) is 0 Å². The molecule has 0 aromatic heterocycles. The second kappa shape index (κ2) is 6.19. The monoisotopic (exact) mass is 343 g/mol. The lowest BCUT2D eigenvalue weighted by molar-refractivity contribution is -0.385. The minimum Gasteiger partial charge on any atom is -0.391 e. The van der Waals surface area contributed by atoms with Crippen LogP contribution in [0.1, 0.15) is 12.8 Å². The van der Waals surface area contributed by atoms with E-state index in [1.807, 2.05) is 0 Å². The molecule has 1 fully saturated rings. The first kappa shape index (κ1) is 14.7. The third kappa shape index (κ3) is 3.45. The molecule has 0 aliphatic carbocycles. The number of likely N-dealkylation sites (tertiary alicyclic amines) is 1. The van der Waals surface area contributed by atoms with Crippen molar-refractivity contribution in [2.24, 2.45) is 0 Å². The molecule has 7 nitrogen and oxygen atoms in total. The van der Waals surface area contributed by atoms with E-state index < -0.39 is 11.0 Å². The molecule has 0 spiro atoms. The van der Waals surface area contributed by atoms with E-state index in [1.54, 1.807) is 6.07 Å². The van der Waals surface area contributed by atoms with Crippen LogP contribution in [0.15, 0.2) is 22.7 Å². The molecule has 108 valence electrons. The van der Waals surface area contributed by atoms with Gasteiger partial charge in [-0.05, 0) is 40.9 Å². The molecule has 8 heteroatoms. The van der Waals surface area contributed by atoms with Crippen LogP contribution >= 0.6 is 15.9 Å². The number of urea groups is 1. The molecule has 2 rings (SSSR count). The largest absolute Gasteiger partial charge is 0.391 e. The van der Waals surface area contributed by atoms with E-state index in [1.165, 1.54) is 17.0 Å². The summed E-state index contributed by atoms with van der Waals surface area (Å²) in [7, 11) is 0. The summed E-state index contributed by atoms with van der Waals surface area (Å²) in [6.45, 7) is 0.853. The fourth-order valence-electron chi connectivity index (χ4n) is 2.07. The van der Waals surface area contributed by atoms with Gasteiger partial charge >= 0.3 is 6.03 Å². The molecule has 1 aromatic rings. The summed E-state index contributed by atoms with van der Waals surface area (Å²) in [6, 6.07) is 4.02. The number of hydrogen-bond acceptors (Lipinski definition) is 4. The zero-order valence-corrected chi connectivity index (χ0v) is 12.2. The zero-order chi connectivity index (χ0) is 14.7. The van der Waals surface area contributed by atoms with Crippen molar-refractivity contribution < 1.29 is 14.8 Å². The molecule has 0 saturated carbocycles. The molecule has 1 aromatic carbocycles. The summed E-state index contributed by atoms with van der Waals surface area (Å²) >= 11 is 3.08. The number of amides is 2. The highest BCUT2D eigenvalue weighted by atomic mass is 79.9. The number of nitrogens with one attached hydrogen (secondary N) is 1. The molecule has 0 bridgehead atoms. The molecule has 1 unspecified atom stereocenters. The molecular weight excluding hydrogens is 330 g/mol. The number of hydrogen-bond donors (Lipinski definition) is 2. The van der Waals surface area contributed by atoms with E-state index in [0.717, 1.165) is 6.42 Å². The number of rotatable bonds is 2. The van der Waals surface area contributed by atoms with Gasteiger partial charge in [-0.1, -0.05) is 0 Å². The third-order valence-corrected chi connectivity index (χ3v) is 3.75. The normalized spacial score (nSPS) is 18.7. The number of nitro benzene ring substituents is 1. The van der Waals surface area contributed by atoms with Crippen molar-refractivity contribution in [1.82, 2.24) is 4.90 Å². The number of β-amino-alcohol motifs (C(OH)–C–C–N with tert-alkyl or cyclic N) is 1. The van der Waals surface area contributed by atoms with Gasteiger partial charge in [0.15, 0.2) is 0 Å². The predicted octanol–water partition coefficient (Wildman–Crippen LogP) is 2.35. The van der Waals surface area contributed by atoms with Gasteiger partial charge in [0, 0.05) is 24.8 Å². The summed E-state index contributed by atoms with van der Waals surface area (Å²) in [5.41, 5.74) is 0.242. The highest BCUT2D eigenvalue weighted by molar-refractivity contribution is 9.10. The molecule has 1 heterocycles. The van der Waals surface area contributed by atoms with Crippen molar-refractivity contribution in [3.05, 3.63) is 32.8 Å². The maximum absolute atomic E-state index is 12.0. The molecule has 1 aliphatic heterocycles. The molecule has 2 N–H and O–H groups in total. The van der Waals surface area contributed by atoms with Crippen molar-refractivity contribution in [3.63, 3.8) is 0 Å². The van der Waals surface area contributed by atoms with Gasteiger partial charge in [-0.3, -0.25) is 10.1 Å². The third-order valence-electron chi connectivity index (χ3n) is 3.08. The van der Waals surface area contributed by atoms with Crippen molar-refractivity contribution in [3.8, 4) is 0 Å². The number of halogens is 1. The van der Waals surface area contributed by atoms with E-state index in [2.05, 4.69) is 21.2 Å². The number of nitro groups is 1. The summed E-state index contributed by atoms with van der Waals surface area (Å²) in [5, 5.41) is 23.0. The number of aliphatic hydroxyl groups is 1. The van der Waals surface area contributed by atoms with Crippen LogP contribution in [0.25, 0.3) is 0 Å². The Kier molecular flexibility index (Phi) is 4.56. The number of nitrogens with zero attached hydrogens (tertiary/aromatic N) is 2. The standard InChI is InChI=1S/C12H14BrN3O4/c13-10-4-3-8(6-11(10)16(19)20)14-12(18)15-5-1-2-9(17)7-15/h3-4,6,9,17H,1-2,5,7H2,(H,14,18). The minimum atomic E-state index is -0.523. The highest BCUT2D eigenvalue weighted by Gasteiger charge is 2.22. The van der Waals surface area contributed by atoms with Crippen LogP contribution in [0.5, 0.6) is 0 Å². The van der Waals surface area contributed by atoms with Crippen LogP contribution in [-0.4, -0.2) is 40.2 Å². The fraction of sp³-hybridized carbons (Fsp3) is 0.417. The molecule has 20 heavy (non-hydrogen) atoms. The second-order valence-corrected chi connectivity index (χ2v) is 5.45. The average Bonchev–Trinajstić information content (AvgIpc) is 2.40. The summed E-state index contributed by atoms with van der Waals surface area (Å²) in [6.07, 6.45) is 0.927. The van der Waals surface area contributed by atoms with Crippen LogP contribution in [0.2, 0.25) is 0 Å². The van der Waals surface area contributed by atoms with Gasteiger partial charge in [0.05, 0.1) is 15.5 Å². The summed E-state index contributed by atoms with van der Waals surface area (Å²) in [5.74, 6) is 0. The van der Waals surface area contributed by atoms with E-state index in [-0.39, 0.29) is 18.3 Å². The van der Waals surface area contributed by atoms with Gasteiger partial charge in [-0.2, -0.15) is 0 Å². The molecule has 1 saturated heterocycles. The van der Waals surface area contributed by atoms with Crippen LogP contribution in [0.3, 0.4) is 0 Å². The van der Waals surface area contributed by atoms with Gasteiger partial charge < -0.3 is 15.3 Å². The topological polar surface area (TPSA) is 95.7 Å². The van der Waals surface area contributed by atoms with E-state index in [0.29, 0.717) is 23.1 Å². The first-order valence-corrected chi connectivity index (χ1v) is 6.94. The number of benzene rings is 1. The van der Waals surface area contributed by atoms with Crippen LogP contribution in [0.4, 0.5) is 16.2 Å². The van der Waals surface area contributed by atoms with Gasteiger partial charge in [0.1, 0.15) is 0 Å². The zero-order valence-electron chi connectivity index (χ0n) is 10.6. The highest BCUT2D eigenvalue weighted by Crippen LogP contribution is 2.28. The van der Waals surface area contributed by atoms with Crippen molar-refractivity contribution in [1.29, 1.82) is 0 Å². The Hall–Kier alpha value is -1.67. The Bertz CT molecular complexity index is 537. The first-order chi connectivity index (χ1) is 9.47. The number of anilines is 1. The van der Waals surface area contributed by atoms with Gasteiger partial charge in [0.2, 0.25) is 0 Å². The maximum Gasteiger partial charge on any atom is 0.321 e. The van der Waals surface area contributed by atoms with Crippen LogP contribution in [0, 0.1) is 10.1 Å². The molecule has 1 atom stereocenters. The Balaban J connectivity index is 2.07. The first-order valence-electron chi connectivity index (χ1n) is 6.15. The molecular formula is C12H14BrN3O4. The lowest BCUT2D eigenvalue weighted by Crippen LogP contribution is -2.44. The van der Waals surface area contributed by atoms with Gasteiger partial charge in [0.25, 0.3) is 5.69 Å². The van der Waals surface area contributed by atoms with E-state index in [4.69, 9.17) is 0 Å². The van der Waals surface area contributed by atoms with Crippen LogP contribution < -0.4 is 5.32 Å². The molecule has 1 aliphatic rings. The van der Waals surface area contributed by atoms with E-state index >= 15 is 0 Å². The van der Waals surface area contributed by atoms with Crippen molar-refractivity contribution >= 4 is 33.3 Å². The Labute approximate surface area is 123 Å². The maximum atomic E-state index is 12.0. The average molecular weight is 344 g/mol. The molecule has 2 amide bonds. The molecule has 0 radical (unpaired) electrons. The lowest BCUT2D eigenvalue weighted by atomic mass is 10.1. The lowest BCUT2D eigenvalue weighted by Gasteiger charge is -2.30. The van der Waals surface area contributed by atoms with E-state index in [9.17, 15) is 20.0 Å². The number of carbonyl (C=O) groups excluding carboxylic acids is 1. The Morgan fingerprint density at radius 2 is 2.30 bits per heavy atom. The summed E-state index contributed by atoms with van der Waals surface area (Å²) in [4.78, 5) is 23.8. The van der Waals surface area contributed by atoms with Crippen molar-refractivity contribution in [2.75, 3.05) is 18.4 Å². The quantitative estimate of drug-likeness (QED) is 0.636. The Morgan fingerprint density at radius 3 is 2.95 bits per heavy atom. The minimum absolute atomic E-state index is 0.110. The Morgan fingerprint density at radius 1 is 1.55 bits per heavy atom. The van der Waals surface area contributed by atoms with Crippen molar-refractivity contribution in [2.45, 2.75) is 18.9 Å². The predicted molar refractivity (Wildman–Crippen MR) is 76.6 cm³/mol. The number of carbonyl (C=O) groups is 1. The summed E-state index contributed by atoms with van der Waals surface area (Å²) < 4.78 is 0.355. The SMILES string of the molecule is O=C(Nc1ccc(Br)c([N+](=O)[O-])c1)N1CCCC(O)C1. The smallest absolute Gasteiger partial charge is 0.321 e. The second-order valence-electron chi connectivity index (χ2n) is 4.60. The number of aliphatic hydroxyl groups excluding tert-OH is 1. The fourth-order valence-corrected chi connectivity index (χ4v) is 2.46. The van der Waals surface area contributed by atoms with Gasteiger partial charge in [-0.25, -0.2) is 4.79 Å². The number of piperidine rings is 1. The van der Waals surface area contributed by atoms with Crippen LogP contribution in [-0.2, 0) is 0 Å².